The number of hydrogen-bond donors (Lipinski definition) is 0. The zero-order chi connectivity index (χ0) is 21.8. The number of benzene rings is 2. The normalized spacial score (nSPS) is 17.4. The number of ketones is 1. The van der Waals surface area contributed by atoms with E-state index in [2.05, 4.69) is 31.2 Å². The van der Waals surface area contributed by atoms with Crippen molar-refractivity contribution in [1.82, 2.24) is 4.90 Å². The molecule has 2 aromatic carbocycles. The third kappa shape index (κ3) is 4.58. The largest absolute Gasteiger partial charge is 0.483 e. The van der Waals surface area contributed by atoms with E-state index in [9.17, 15) is 9.59 Å². The van der Waals surface area contributed by atoms with Gasteiger partial charge in [0.2, 0.25) is 0 Å². The number of rotatable bonds is 5. The number of carbonyl (C=O) groups is 2. The number of amides is 1. The second-order valence-electron chi connectivity index (χ2n) is 8.62. The Balaban J connectivity index is 1.66. The van der Waals surface area contributed by atoms with Crippen LogP contribution in [0.3, 0.4) is 0 Å². The van der Waals surface area contributed by atoms with Crippen molar-refractivity contribution in [3.05, 3.63) is 71.3 Å². The maximum absolute atomic E-state index is 12.8. The van der Waals surface area contributed by atoms with Crippen LogP contribution >= 0.6 is 0 Å². The van der Waals surface area contributed by atoms with Crippen molar-refractivity contribution >= 4 is 17.3 Å². The molecule has 4 heteroatoms. The molecule has 0 aromatic heterocycles. The van der Waals surface area contributed by atoms with Crippen LogP contribution < -0.4 is 4.74 Å². The monoisotopic (exact) mass is 417 g/mol. The molecule has 2 aliphatic rings. The van der Waals surface area contributed by atoms with E-state index >= 15 is 0 Å². The number of fused-ring (bicyclic) bond motifs is 1. The van der Waals surface area contributed by atoms with Crippen molar-refractivity contribution in [2.24, 2.45) is 0 Å². The van der Waals surface area contributed by atoms with E-state index in [1.54, 1.807) is 0 Å². The smallest absolute Gasteiger partial charge is 0.253 e. The highest BCUT2D eigenvalue weighted by atomic mass is 16.5. The Labute approximate surface area is 184 Å². The molecule has 162 valence electrons. The van der Waals surface area contributed by atoms with Crippen molar-refractivity contribution in [3.8, 4) is 5.75 Å². The average Bonchev–Trinajstić information content (AvgIpc) is 2.96. The molecule has 1 saturated carbocycles. The van der Waals surface area contributed by atoms with Gasteiger partial charge in [-0.25, -0.2) is 0 Å². The van der Waals surface area contributed by atoms with Crippen LogP contribution in [-0.2, 0) is 11.2 Å². The van der Waals surface area contributed by atoms with Gasteiger partial charge in [0.25, 0.3) is 5.91 Å². The first-order chi connectivity index (χ1) is 15.0. The summed E-state index contributed by atoms with van der Waals surface area (Å²) in [6, 6.07) is 16.1. The van der Waals surface area contributed by atoms with Crippen LogP contribution in [0, 0.1) is 0 Å². The molecule has 2 aromatic rings. The molecule has 1 aliphatic heterocycles. The van der Waals surface area contributed by atoms with Gasteiger partial charge in [0, 0.05) is 37.9 Å². The highest BCUT2D eigenvalue weighted by Gasteiger charge is 2.37. The van der Waals surface area contributed by atoms with Crippen LogP contribution in [0.4, 0.5) is 0 Å². The van der Waals surface area contributed by atoms with Gasteiger partial charge in [-0.1, -0.05) is 37.3 Å². The quantitative estimate of drug-likeness (QED) is 0.649. The van der Waals surface area contributed by atoms with E-state index in [1.165, 1.54) is 5.57 Å². The lowest BCUT2D eigenvalue weighted by molar-refractivity contribution is -0.123. The molecule has 4 nitrogen and oxygen atoms in total. The van der Waals surface area contributed by atoms with Gasteiger partial charge in [0.1, 0.15) is 17.1 Å². The Morgan fingerprint density at radius 2 is 1.74 bits per heavy atom. The molecule has 0 N–H and O–H groups in total. The molecule has 1 amide bonds. The molecule has 0 bridgehead atoms. The standard InChI is InChI=1S/C27H31NO3/c1-3-17-28(4-2)26(30)21-11-9-20(10-12-21)23-18-22-7-5-6-8-25(22)31-27(19-23)15-13-24(29)14-16-27/h5-12,19H,3-4,13-18H2,1-2H3. The molecular weight excluding hydrogens is 386 g/mol. The van der Waals surface area contributed by atoms with Gasteiger partial charge in [0.05, 0.1) is 0 Å². The van der Waals surface area contributed by atoms with Crippen LogP contribution in [0.15, 0.2) is 54.6 Å². The molecule has 0 saturated heterocycles. The first-order valence-corrected chi connectivity index (χ1v) is 11.4. The third-order valence-corrected chi connectivity index (χ3v) is 6.42. The summed E-state index contributed by atoms with van der Waals surface area (Å²) in [6.45, 7) is 5.60. The van der Waals surface area contributed by atoms with E-state index in [0.717, 1.165) is 48.4 Å². The van der Waals surface area contributed by atoms with Gasteiger partial charge in [-0.3, -0.25) is 9.59 Å². The van der Waals surface area contributed by atoms with Gasteiger partial charge in [0.15, 0.2) is 0 Å². The van der Waals surface area contributed by atoms with Crippen LogP contribution in [0.5, 0.6) is 5.75 Å². The van der Waals surface area contributed by atoms with E-state index in [1.807, 2.05) is 42.2 Å². The van der Waals surface area contributed by atoms with E-state index < -0.39 is 5.60 Å². The number of para-hydroxylation sites is 1. The summed E-state index contributed by atoms with van der Waals surface area (Å²) in [7, 11) is 0. The number of hydrogen-bond acceptors (Lipinski definition) is 3. The van der Waals surface area contributed by atoms with Gasteiger partial charge in [-0.15, -0.1) is 0 Å². The number of nitrogens with zero attached hydrogens (tertiary/aromatic N) is 1. The van der Waals surface area contributed by atoms with Crippen molar-refractivity contribution in [3.63, 3.8) is 0 Å². The molecule has 4 rings (SSSR count). The highest BCUT2D eigenvalue weighted by molar-refractivity contribution is 5.94. The zero-order valence-corrected chi connectivity index (χ0v) is 18.5. The number of allylic oxidation sites excluding steroid dienone is 1. The zero-order valence-electron chi connectivity index (χ0n) is 18.5. The Morgan fingerprint density at radius 1 is 1.03 bits per heavy atom. The second kappa shape index (κ2) is 9.09. The SMILES string of the molecule is CCCN(CC)C(=O)c1ccc(C2=CC3(CCC(=O)CC3)Oc3ccccc3C2)cc1. The molecule has 1 heterocycles. The fourth-order valence-corrected chi connectivity index (χ4v) is 4.64. The Hall–Kier alpha value is -2.88. The maximum Gasteiger partial charge on any atom is 0.253 e. The van der Waals surface area contributed by atoms with Crippen molar-refractivity contribution in [2.45, 2.75) is 58.0 Å². The van der Waals surface area contributed by atoms with Crippen LogP contribution in [-0.4, -0.2) is 35.3 Å². The third-order valence-electron chi connectivity index (χ3n) is 6.42. The van der Waals surface area contributed by atoms with Gasteiger partial charge < -0.3 is 9.64 Å². The van der Waals surface area contributed by atoms with Crippen LogP contribution in [0.2, 0.25) is 0 Å². The minimum Gasteiger partial charge on any atom is -0.483 e. The Kier molecular flexibility index (Phi) is 6.26. The van der Waals surface area contributed by atoms with Crippen molar-refractivity contribution in [2.75, 3.05) is 13.1 Å². The molecule has 0 atom stereocenters. The minimum absolute atomic E-state index is 0.0849. The summed E-state index contributed by atoms with van der Waals surface area (Å²) >= 11 is 0. The molecule has 1 aliphatic carbocycles. The van der Waals surface area contributed by atoms with E-state index in [4.69, 9.17) is 4.74 Å². The fraction of sp³-hybridized carbons (Fsp3) is 0.407. The lowest BCUT2D eigenvalue weighted by atomic mass is 9.81. The Bertz CT molecular complexity index is 980. The highest BCUT2D eigenvalue weighted by Crippen LogP contribution is 2.40. The number of Topliss-reactive ketones (excluding diaryl/α,β-unsaturated/α-hetero) is 1. The first kappa shape index (κ1) is 21.4. The van der Waals surface area contributed by atoms with Gasteiger partial charge >= 0.3 is 0 Å². The lowest BCUT2D eigenvalue weighted by Gasteiger charge is -2.34. The van der Waals surface area contributed by atoms with Crippen LogP contribution in [0.1, 0.15) is 67.4 Å². The van der Waals surface area contributed by atoms with Crippen molar-refractivity contribution in [1.29, 1.82) is 0 Å². The van der Waals surface area contributed by atoms with E-state index in [-0.39, 0.29) is 5.91 Å². The predicted octanol–water partition coefficient (Wildman–Crippen LogP) is 5.46. The summed E-state index contributed by atoms with van der Waals surface area (Å²) in [5, 5.41) is 0. The molecule has 1 spiro atoms. The molecule has 0 unspecified atom stereocenters. The van der Waals surface area contributed by atoms with Crippen LogP contribution in [0.25, 0.3) is 5.57 Å². The van der Waals surface area contributed by atoms with E-state index in [0.29, 0.717) is 31.5 Å². The summed E-state index contributed by atoms with van der Waals surface area (Å²) in [5.74, 6) is 1.31. The minimum atomic E-state index is -0.440. The van der Waals surface area contributed by atoms with Crippen molar-refractivity contribution < 1.29 is 14.3 Å². The predicted molar refractivity (Wildman–Crippen MR) is 123 cm³/mol. The first-order valence-electron chi connectivity index (χ1n) is 11.4. The summed E-state index contributed by atoms with van der Waals surface area (Å²) < 4.78 is 6.53. The summed E-state index contributed by atoms with van der Waals surface area (Å²) in [6.07, 6.45) is 6.51. The summed E-state index contributed by atoms with van der Waals surface area (Å²) in [4.78, 5) is 26.6. The van der Waals surface area contributed by atoms with Gasteiger partial charge in [-0.2, -0.15) is 0 Å². The summed E-state index contributed by atoms with van der Waals surface area (Å²) in [5.41, 5.74) is 3.74. The number of carbonyl (C=O) groups excluding carboxylic acids is 2. The fourth-order valence-electron chi connectivity index (χ4n) is 4.64. The van der Waals surface area contributed by atoms with Gasteiger partial charge in [-0.05, 0) is 67.2 Å². The molecule has 31 heavy (non-hydrogen) atoms. The molecule has 1 fully saturated rings. The Morgan fingerprint density at radius 3 is 2.42 bits per heavy atom. The topological polar surface area (TPSA) is 46.6 Å². The number of ether oxygens (including phenoxy) is 1. The maximum atomic E-state index is 12.8. The lowest BCUT2D eigenvalue weighted by Crippen LogP contribution is -2.38. The molecule has 0 radical (unpaired) electrons. The molecular formula is C27H31NO3. The average molecular weight is 418 g/mol. The second-order valence-corrected chi connectivity index (χ2v) is 8.62.